The van der Waals surface area contributed by atoms with Crippen LogP contribution in [0.15, 0.2) is 18.2 Å². The van der Waals surface area contributed by atoms with Crippen LogP contribution in [-0.4, -0.2) is 32.7 Å². The van der Waals surface area contributed by atoms with Crippen LogP contribution in [0.4, 0.5) is 14.5 Å². The molecule has 1 N–H and O–H groups in total. The molecular weight excluding hydrogens is 254 g/mol. The van der Waals surface area contributed by atoms with Gasteiger partial charge in [-0.2, -0.15) is 8.78 Å². The summed E-state index contributed by atoms with van der Waals surface area (Å²) in [5.41, 5.74) is 1.65. The number of carbonyl (C=O) groups excluding carboxylic acids is 1. The molecule has 6 heteroatoms. The molecule has 0 fully saturated rings. The van der Waals surface area contributed by atoms with Crippen LogP contribution in [0, 0.1) is 0 Å². The van der Waals surface area contributed by atoms with E-state index in [0.29, 0.717) is 6.54 Å². The maximum absolute atomic E-state index is 12.2. The van der Waals surface area contributed by atoms with Crippen LogP contribution >= 0.6 is 0 Å². The monoisotopic (exact) mass is 270 g/mol. The number of nitrogens with zero attached hydrogens (tertiary/aromatic N) is 1. The fourth-order valence-electron chi connectivity index (χ4n) is 2.26. The minimum Gasteiger partial charge on any atom is -0.435 e. The van der Waals surface area contributed by atoms with Crippen molar-refractivity contribution < 1.29 is 18.3 Å². The summed E-state index contributed by atoms with van der Waals surface area (Å²) in [6.07, 6.45) is 1.58. The quantitative estimate of drug-likeness (QED) is 0.907. The van der Waals surface area contributed by atoms with Gasteiger partial charge in [0.05, 0.1) is 6.54 Å². The summed E-state index contributed by atoms with van der Waals surface area (Å²) in [4.78, 5) is 13.6. The lowest BCUT2D eigenvalue weighted by molar-refractivity contribution is -0.117. The van der Waals surface area contributed by atoms with E-state index in [9.17, 15) is 13.6 Å². The highest BCUT2D eigenvalue weighted by molar-refractivity contribution is 5.96. The van der Waals surface area contributed by atoms with Gasteiger partial charge in [-0.1, -0.05) is 0 Å². The third-order valence-corrected chi connectivity index (χ3v) is 3.02. The fourth-order valence-corrected chi connectivity index (χ4v) is 2.26. The Morgan fingerprint density at radius 1 is 1.53 bits per heavy atom. The van der Waals surface area contributed by atoms with E-state index in [1.54, 1.807) is 24.1 Å². The first-order chi connectivity index (χ1) is 9.11. The number of hydrogen-bond donors (Lipinski definition) is 1. The second kappa shape index (κ2) is 5.97. The number of fused-ring (bicyclic) bond motifs is 1. The Hall–Kier alpha value is -1.69. The Bertz CT molecular complexity index is 466. The molecule has 0 bridgehead atoms. The molecule has 0 spiro atoms. The first-order valence-electron chi connectivity index (χ1n) is 6.14. The van der Waals surface area contributed by atoms with Crippen LogP contribution in [0.3, 0.4) is 0 Å². The molecule has 1 aliphatic rings. The van der Waals surface area contributed by atoms with E-state index < -0.39 is 6.61 Å². The smallest absolute Gasteiger partial charge is 0.387 e. The van der Waals surface area contributed by atoms with Gasteiger partial charge in [-0.05, 0) is 43.7 Å². The standard InChI is InChI=1S/C13H16F2N2O2/c1-16-8-12(18)17-6-2-3-9-7-10(19-13(14)15)4-5-11(9)17/h4-5,7,13,16H,2-3,6,8H2,1H3. The third-order valence-electron chi connectivity index (χ3n) is 3.02. The minimum absolute atomic E-state index is 0.0222. The van der Waals surface area contributed by atoms with Crippen LogP contribution in [0.5, 0.6) is 5.75 Å². The molecule has 0 radical (unpaired) electrons. The summed E-state index contributed by atoms with van der Waals surface area (Å²) in [5, 5.41) is 2.82. The number of anilines is 1. The van der Waals surface area contributed by atoms with Gasteiger partial charge < -0.3 is 15.0 Å². The highest BCUT2D eigenvalue weighted by Gasteiger charge is 2.22. The molecule has 1 aromatic rings. The van der Waals surface area contributed by atoms with Crippen LogP contribution in [0.1, 0.15) is 12.0 Å². The van der Waals surface area contributed by atoms with E-state index in [4.69, 9.17) is 0 Å². The number of rotatable bonds is 4. The topological polar surface area (TPSA) is 41.6 Å². The number of aryl methyl sites for hydroxylation is 1. The Balaban J connectivity index is 2.23. The van der Waals surface area contributed by atoms with E-state index in [0.717, 1.165) is 24.1 Å². The minimum atomic E-state index is -2.83. The van der Waals surface area contributed by atoms with Gasteiger partial charge in [-0.15, -0.1) is 0 Å². The van der Waals surface area contributed by atoms with E-state index >= 15 is 0 Å². The Morgan fingerprint density at radius 3 is 3.00 bits per heavy atom. The van der Waals surface area contributed by atoms with Gasteiger partial charge in [-0.3, -0.25) is 4.79 Å². The molecule has 0 saturated carbocycles. The molecular formula is C13H16F2N2O2. The molecule has 0 saturated heterocycles. The molecule has 19 heavy (non-hydrogen) atoms. The second-order valence-electron chi connectivity index (χ2n) is 4.35. The van der Waals surface area contributed by atoms with Crippen molar-refractivity contribution in [1.29, 1.82) is 0 Å². The van der Waals surface area contributed by atoms with E-state index in [1.165, 1.54) is 6.07 Å². The number of amides is 1. The zero-order valence-electron chi connectivity index (χ0n) is 10.7. The molecule has 0 aliphatic carbocycles. The molecule has 104 valence electrons. The molecule has 1 heterocycles. The van der Waals surface area contributed by atoms with Crippen molar-refractivity contribution in [2.45, 2.75) is 19.5 Å². The van der Waals surface area contributed by atoms with Gasteiger partial charge >= 0.3 is 6.61 Å². The molecule has 2 rings (SSSR count). The SMILES string of the molecule is CNCC(=O)N1CCCc2cc(OC(F)F)ccc21. The number of nitrogens with one attached hydrogen (secondary N) is 1. The molecule has 1 amide bonds. The van der Waals surface area contributed by atoms with E-state index in [1.807, 2.05) is 0 Å². The Labute approximate surface area is 110 Å². The summed E-state index contributed by atoms with van der Waals surface area (Å²) in [6.45, 7) is -1.92. The highest BCUT2D eigenvalue weighted by Crippen LogP contribution is 2.31. The number of alkyl halides is 2. The molecule has 0 atom stereocenters. The average molecular weight is 270 g/mol. The fraction of sp³-hybridized carbons (Fsp3) is 0.462. The van der Waals surface area contributed by atoms with Crippen molar-refractivity contribution in [2.75, 3.05) is 25.0 Å². The number of benzene rings is 1. The molecule has 4 nitrogen and oxygen atoms in total. The molecule has 0 aromatic heterocycles. The van der Waals surface area contributed by atoms with Gasteiger partial charge in [0.15, 0.2) is 0 Å². The Kier molecular flexibility index (Phi) is 4.31. The van der Waals surface area contributed by atoms with Crippen LogP contribution < -0.4 is 15.0 Å². The lowest BCUT2D eigenvalue weighted by Crippen LogP contribution is -2.40. The predicted molar refractivity (Wildman–Crippen MR) is 67.7 cm³/mol. The zero-order valence-corrected chi connectivity index (χ0v) is 10.7. The maximum Gasteiger partial charge on any atom is 0.387 e. The lowest BCUT2D eigenvalue weighted by atomic mass is 10.0. The van der Waals surface area contributed by atoms with Gasteiger partial charge in [0.2, 0.25) is 5.91 Å². The van der Waals surface area contributed by atoms with Crippen molar-refractivity contribution in [3.8, 4) is 5.75 Å². The van der Waals surface area contributed by atoms with Crippen molar-refractivity contribution in [3.05, 3.63) is 23.8 Å². The van der Waals surface area contributed by atoms with Gasteiger partial charge in [0, 0.05) is 12.2 Å². The van der Waals surface area contributed by atoms with Crippen molar-refractivity contribution in [1.82, 2.24) is 5.32 Å². The maximum atomic E-state index is 12.2. The number of carbonyl (C=O) groups is 1. The van der Waals surface area contributed by atoms with E-state index in [2.05, 4.69) is 10.1 Å². The number of likely N-dealkylation sites (N-methyl/N-ethyl adjacent to an activating group) is 1. The zero-order chi connectivity index (χ0) is 13.8. The van der Waals surface area contributed by atoms with Crippen molar-refractivity contribution in [2.24, 2.45) is 0 Å². The van der Waals surface area contributed by atoms with E-state index in [-0.39, 0.29) is 18.2 Å². The predicted octanol–water partition coefficient (Wildman–Crippen LogP) is 1.79. The third kappa shape index (κ3) is 3.20. The highest BCUT2D eigenvalue weighted by atomic mass is 19.3. The summed E-state index contributed by atoms with van der Waals surface area (Å²) in [6, 6.07) is 4.72. The average Bonchev–Trinajstić information content (AvgIpc) is 2.37. The normalized spacial score (nSPS) is 14.4. The van der Waals surface area contributed by atoms with Crippen molar-refractivity contribution in [3.63, 3.8) is 0 Å². The van der Waals surface area contributed by atoms with Crippen LogP contribution in [0.25, 0.3) is 0 Å². The molecule has 1 aliphatic heterocycles. The molecule has 0 unspecified atom stereocenters. The van der Waals surface area contributed by atoms with Gasteiger partial charge in [-0.25, -0.2) is 0 Å². The van der Waals surface area contributed by atoms with Crippen molar-refractivity contribution >= 4 is 11.6 Å². The first kappa shape index (κ1) is 13.7. The number of ether oxygens (including phenoxy) is 1. The summed E-state index contributed by atoms with van der Waals surface area (Å²) >= 11 is 0. The molecule has 1 aromatic carbocycles. The lowest BCUT2D eigenvalue weighted by Gasteiger charge is -2.29. The Morgan fingerprint density at radius 2 is 2.32 bits per heavy atom. The van der Waals surface area contributed by atoms with Gasteiger partial charge in [0.1, 0.15) is 5.75 Å². The number of hydrogen-bond acceptors (Lipinski definition) is 3. The van der Waals surface area contributed by atoms with Crippen LogP contribution in [-0.2, 0) is 11.2 Å². The second-order valence-corrected chi connectivity index (χ2v) is 4.35. The summed E-state index contributed by atoms with van der Waals surface area (Å²) in [5.74, 6) is 0.114. The first-order valence-corrected chi connectivity index (χ1v) is 6.14. The van der Waals surface area contributed by atoms with Gasteiger partial charge in [0.25, 0.3) is 0 Å². The summed E-state index contributed by atoms with van der Waals surface area (Å²) < 4.78 is 28.7. The number of halogens is 2. The largest absolute Gasteiger partial charge is 0.435 e. The van der Waals surface area contributed by atoms with Crippen LogP contribution in [0.2, 0.25) is 0 Å². The summed E-state index contributed by atoms with van der Waals surface area (Å²) in [7, 11) is 1.71.